The average Bonchev–Trinajstić information content (AvgIpc) is 3.85. The van der Waals surface area contributed by atoms with Crippen molar-refractivity contribution in [3.05, 3.63) is 170 Å². The Morgan fingerprint density at radius 1 is 0.412 bits per heavy atom. The van der Waals surface area contributed by atoms with E-state index in [1.165, 1.54) is 48.3 Å². The van der Waals surface area contributed by atoms with Crippen molar-refractivity contribution in [1.82, 2.24) is 19.1 Å². The summed E-state index contributed by atoms with van der Waals surface area (Å²) in [6, 6.07) is 56.8. The molecule has 5 heteroatoms. The largest absolute Gasteiger partial charge is 0.309 e. The first-order chi connectivity index (χ1) is 25.3. The summed E-state index contributed by atoms with van der Waals surface area (Å²) in [5, 5.41) is 6.12. The topological polar surface area (TPSA) is 35.6 Å². The van der Waals surface area contributed by atoms with Gasteiger partial charge in [0.25, 0.3) is 0 Å². The van der Waals surface area contributed by atoms with Crippen molar-refractivity contribution in [3.63, 3.8) is 0 Å². The molecule has 6 aromatic carbocycles. The van der Waals surface area contributed by atoms with Gasteiger partial charge in [0, 0.05) is 56.1 Å². The standard InChI is InChI=1S/C46H28N4S/c1-2-17-35(45-46-36(25-27-48-45)44-43(51-46)22-11-26-47-44)30(12-1)31-13-3-9-20-40(31)50-41-21-10-6-16-34(41)37-28-29(23-24-42(37)50)49-38-18-7-4-14-32(38)33-15-5-8-19-39(33)49/h1-28H. The lowest BCUT2D eigenvalue weighted by molar-refractivity contribution is 1.17. The summed E-state index contributed by atoms with van der Waals surface area (Å²) in [4.78, 5) is 9.72. The molecule has 0 bridgehead atoms. The molecule has 0 aliphatic heterocycles. The number of benzene rings is 6. The van der Waals surface area contributed by atoms with Crippen LogP contribution in [-0.4, -0.2) is 19.1 Å². The van der Waals surface area contributed by atoms with E-state index in [0.29, 0.717) is 0 Å². The maximum atomic E-state index is 5.00. The summed E-state index contributed by atoms with van der Waals surface area (Å²) in [6.45, 7) is 0. The maximum Gasteiger partial charge on any atom is 0.0889 e. The predicted octanol–water partition coefficient (Wildman–Crippen LogP) is 12.4. The fourth-order valence-electron chi connectivity index (χ4n) is 8.10. The van der Waals surface area contributed by atoms with Crippen LogP contribution in [0.25, 0.3) is 97.7 Å². The van der Waals surface area contributed by atoms with Crippen LogP contribution in [0.5, 0.6) is 0 Å². The van der Waals surface area contributed by atoms with E-state index in [2.05, 4.69) is 161 Å². The van der Waals surface area contributed by atoms with Crippen molar-refractivity contribution in [2.75, 3.05) is 0 Å². The first-order valence-corrected chi connectivity index (χ1v) is 18.0. The Morgan fingerprint density at radius 2 is 1.02 bits per heavy atom. The lowest BCUT2D eigenvalue weighted by Crippen LogP contribution is -1.99. The van der Waals surface area contributed by atoms with Crippen LogP contribution in [0.4, 0.5) is 0 Å². The normalized spacial score (nSPS) is 11.9. The van der Waals surface area contributed by atoms with E-state index in [-0.39, 0.29) is 0 Å². The van der Waals surface area contributed by atoms with E-state index in [1.54, 1.807) is 11.3 Å². The molecule has 0 radical (unpaired) electrons. The van der Waals surface area contributed by atoms with Crippen molar-refractivity contribution in [2.24, 2.45) is 0 Å². The third-order valence-corrected chi connectivity index (χ3v) is 11.4. The van der Waals surface area contributed by atoms with E-state index in [1.807, 2.05) is 18.5 Å². The average molecular weight is 669 g/mol. The molecular formula is C46H28N4S. The van der Waals surface area contributed by atoms with Gasteiger partial charge >= 0.3 is 0 Å². The van der Waals surface area contributed by atoms with E-state index in [0.717, 1.165) is 49.4 Å². The van der Waals surface area contributed by atoms with Gasteiger partial charge in [-0.15, -0.1) is 11.3 Å². The minimum absolute atomic E-state index is 0.985. The van der Waals surface area contributed by atoms with Crippen molar-refractivity contribution in [2.45, 2.75) is 0 Å². The van der Waals surface area contributed by atoms with Gasteiger partial charge in [-0.2, -0.15) is 0 Å². The van der Waals surface area contributed by atoms with Crippen molar-refractivity contribution >= 4 is 75.3 Å². The molecule has 51 heavy (non-hydrogen) atoms. The van der Waals surface area contributed by atoms with Crippen molar-refractivity contribution in [3.8, 4) is 33.8 Å². The first-order valence-electron chi connectivity index (χ1n) is 17.2. The number of rotatable bonds is 4. The van der Waals surface area contributed by atoms with Gasteiger partial charge in [-0.25, -0.2) is 0 Å². The van der Waals surface area contributed by atoms with Crippen LogP contribution in [-0.2, 0) is 0 Å². The number of hydrogen-bond acceptors (Lipinski definition) is 3. The molecule has 0 atom stereocenters. The highest BCUT2D eigenvalue weighted by Crippen LogP contribution is 2.44. The van der Waals surface area contributed by atoms with Crippen LogP contribution in [0.1, 0.15) is 0 Å². The highest BCUT2D eigenvalue weighted by atomic mass is 32.1. The van der Waals surface area contributed by atoms with Gasteiger partial charge < -0.3 is 9.13 Å². The SMILES string of the molecule is c1ccc(-c2nccc3c2sc2cccnc23)c(-c2ccccc2-n2c3ccccc3c3cc(-n4c5ccccc5c5ccccc54)ccc32)c1. The zero-order valence-electron chi connectivity index (χ0n) is 27.4. The summed E-state index contributed by atoms with van der Waals surface area (Å²) < 4.78 is 7.16. The van der Waals surface area contributed by atoms with E-state index >= 15 is 0 Å². The third-order valence-electron chi connectivity index (χ3n) is 10.3. The summed E-state index contributed by atoms with van der Waals surface area (Å²) in [5.74, 6) is 0. The molecular weight excluding hydrogens is 641 g/mol. The Labute approximate surface area is 297 Å². The van der Waals surface area contributed by atoms with E-state index < -0.39 is 0 Å². The molecule has 0 saturated carbocycles. The smallest absolute Gasteiger partial charge is 0.0889 e. The Bertz CT molecular complexity index is 3110. The molecule has 0 saturated heterocycles. The number of hydrogen-bond donors (Lipinski definition) is 0. The molecule has 5 aromatic heterocycles. The number of aromatic nitrogens is 4. The molecule has 0 N–H and O–H groups in total. The highest BCUT2D eigenvalue weighted by Gasteiger charge is 2.21. The molecule has 0 fully saturated rings. The Balaban J connectivity index is 1.15. The van der Waals surface area contributed by atoms with Crippen molar-refractivity contribution in [1.29, 1.82) is 0 Å². The van der Waals surface area contributed by atoms with Gasteiger partial charge in [0.15, 0.2) is 0 Å². The molecule has 4 nitrogen and oxygen atoms in total. The van der Waals surface area contributed by atoms with Crippen LogP contribution in [0.15, 0.2) is 170 Å². The molecule has 0 amide bonds. The minimum atomic E-state index is 0.985. The van der Waals surface area contributed by atoms with Gasteiger partial charge in [-0.3, -0.25) is 9.97 Å². The summed E-state index contributed by atoms with van der Waals surface area (Å²) >= 11 is 1.76. The lowest BCUT2D eigenvalue weighted by atomic mass is 9.95. The predicted molar refractivity (Wildman–Crippen MR) is 214 cm³/mol. The number of nitrogens with zero attached hydrogens (tertiary/aromatic N) is 4. The van der Waals surface area contributed by atoms with Crippen LogP contribution in [0.3, 0.4) is 0 Å². The number of para-hydroxylation sites is 4. The molecule has 238 valence electrons. The molecule has 0 aliphatic rings. The summed E-state index contributed by atoms with van der Waals surface area (Å²) in [7, 11) is 0. The van der Waals surface area contributed by atoms with Gasteiger partial charge in [0.2, 0.25) is 0 Å². The highest BCUT2D eigenvalue weighted by molar-refractivity contribution is 7.26. The van der Waals surface area contributed by atoms with Gasteiger partial charge in [0.1, 0.15) is 0 Å². The molecule has 11 aromatic rings. The zero-order chi connectivity index (χ0) is 33.5. The second kappa shape index (κ2) is 11.0. The van der Waals surface area contributed by atoms with Gasteiger partial charge in [-0.1, -0.05) is 97.1 Å². The second-order valence-electron chi connectivity index (χ2n) is 13.0. The van der Waals surface area contributed by atoms with Crippen LogP contribution >= 0.6 is 11.3 Å². The van der Waals surface area contributed by atoms with Crippen molar-refractivity contribution < 1.29 is 0 Å². The van der Waals surface area contributed by atoms with Crippen LogP contribution in [0, 0.1) is 0 Å². The molecule has 0 aliphatic carbocycles. The van der Waals surface area contributed by atoms with Crippen LogP contribution in [0.2, 0.25) is 0 Å². The molecule has 5 heterocycles. The zero-order valence-corrected chi connectivity index (χ0v) is 28.2. The minimum Gasteiger partial charge on any atom is -0.309 e. The first kappa shape index (κ1) is 28.3. The van der Waals surface area contributed by atoms with E-state index in [4.69, 9.17) is 9.97 Å². The maximum absolute atomic E-state index is 5.00. The quantitative estimate of drug-likeness (QED) is 0.187. The fourth-order valence-corrected chi connectivity index (χ4v) is 9.26. The van der Waals surface area contributed by atoms with Gasteiger partial charge in [0.05, 0.1) is 48.4 Å². The monoisotopic (exact) mass is 668 g/mol. The third kappa shape index (κ3) is 4.13. The Hall–Kier alpha value is -6.56. The van der Waals surface area contributed by atoms with Crippen LogP contribution < -0.4 is 0 Å². The van der Waals surface area contributed by atoms with Gasteiger partial charge in [-0.05, 0) is 66.2 Å². The number of thiophene rings is 1. The summed E-state index contributed by atoms with van der Waals surface area (Å²) in [5.41, 5.74) is 12.5. The Kier molecular flexibility index (Phi) is 6.09. The second-order valence-corrected chi connectivity index (χ2v) is 14.0. The molecule has 0 spiro atoms. The number of pyridine rings is 2. The number of fused-ring (bicyclic) bond motifs is 9. The molecule has 0 unspecified atom stereocenters. The van der Waals surface area contributed by atoms with E-state index in [9.17, 15) is 0 Å². The summed E-state index contributed by atoms with van der Waals surface area (Å²) in [6.07, 6.45) is 3.79. The fraction of sp³-hybridized carbons (Fsp3) is 0. The molecule has 11 rings (SSSR count). The Morgan fingerprint density at radius 3 is 1.78 bits per heavy atom. The lowest BCUT2D eigenvalue weighted by Gasteiger charge is -2.17.